The molecule has 1 aliphatic heterocycles. The Labute approximate surface area is 185 Å². The number of amides is 3. The number of carbonyl (C=O) groups excluding carboxylic acids is 2. The summed E-state index contributed by atoms with van der Waals surface area (Å²) in [6.07, 6.45) is 5.69. The van der Waals surface area contributed by atoms with Crippen LogP contribution >= 0.6 is 0 Å². The molecule has 2 unspecified atom stereocenters. The number of aliphatic carboxylic acids is 1. The number of carboxylic acid groups (broad SMARTS) is 1. The largest absolute Gasteiger partial charge is 0.481 e. The molecule has 3 amide bonds. The highest BCUT2D eigenvalue weighted by Gasteiger charge is 2.30. The third-order valence-electron chi connectivity index (χ3n) is 5.24. The van der Waals surface area contributed by atoms with Gasteiger partial charge in [0.1, 0.15) is 0 Å². The van der Waals surface area contributed by atoms with Gasteiger partial charge in [0.2, 0.25) is 5.91 Å². The summed E-state index contributed by atoms with van der Waals surface area (Å²) in [7, 11) is 0. The Hall–Kier alpha value is -3.95. The molecule has 5 N–H and O–H groups in total. The molecule has 1 aliphatic rings. The molecule has 10 heteroatoms. The number of nitrogens with zero attached hydrogens (tertiary/aromatic N) is 3. The minimum Gasteiger partial charge on any atom is -0.481 e. The van der Waals surface area contributed by atoms with Gasteiger partial charge in [0.25, 0.3) is 0 Å². The minimum atomic E-state index is -1.03. The third kappa shape index (κ3) is 6.27. The van der Waals surface area contributed by atoms with Gasteiger partial charge in [-0.05, 0) is 42.2 Å². The first kappa shape index (κ1) is 22.7. The molecule has 1 fully saturated rings. The molecular formula is C22H26N6O4. The minimum absolute atomic E-state index is 0.169. The molecule has 2 heterocycles. The Morgan fingerprint density at radius 1 is 1.28 bits per heavy atom. The number of rotatable bonds is 7. The third-order valence-corrected chi connectivity index (χ3v) is 5.24. The van der Waals surface area contributed by atoms with E-state index in [1.165, 1.54) is 12.4 Å². The second-order valence-electron chi connectivity index (χ2n) is 7.56. The summed E-state index contributed by atoms with van der Waals surface area (Å²) >= 11 is 0. The van der Waals surface area contributed by atoms with Gasteiger partial charge in [0, 0.05) is 31.2 Å². The van der Waals surface area contributed by atoms with Crippen molar-refractivity contribution in [2.75, 3.05) is 18.4 Å². The van der Waals surface area contributed by atoms with E-state index in [9.17, 15) is 19.5 Å². The zero-order chi connectivity index (χ0) is 22.9. The molecule has 0 saturated carbocycles. The average molecular weight is 438 g/mol. The Morgan fingerprint density at radius 2 is 2.06 bits per heavy atom. The van der Waals surface area contributed by atoms with E-state index < -0.39 is 18.0 Å². The Bertz CT molecular complexity index is 964. The van der Waals surface area contributed by atoms with Gasteiger partial charge in [0.15, 0.2) is 0 Å². The van der Waals surface area contributed by atoms with Gasteiger partial charge < -0.3 is 26.5 Å². The van der Waals surface area contributed by atoms with Gasteiger partial charge in [-0.15, -0.1) is 0 Å². The van der Waals surface area contributed by atoms with E-state index in [1.54, 1.807) is 47.5 Å². The molecule has 2 atom stereocenters. The predicted octanol–water partition coefficient (Wildman–Crippen LogP) is 1.95. The van der Waals surface area contributed by atoms with Crippen molar-refractivity contribution in [3.63, 3.8) is 0 Å². The van der Waals surface area contributed by atoms with Crippen LogP contribution in [0.2, 0.25) is 0 Å². The smallest absolute Gasteiger partial charge is 0.317 e. The number of hydrogen-bond donors (Lipinski definition) is 4. The van der Waals surface area contributed by atoms with E-state index in [2.05, 4.69) is 20.7 Å². The van der Waals surface area contributed by atoms with Crippen molar-refractivity contribution >= 4 is 29.8 Å². The molecule has 1 aromatic carbocycles. The molecular weight excluding hydrogens is 412 g/mol. The number of urea groups is 1. The number of nitrogens with one attached hydrogen (secondary N) is 2. The molecule has 0 bridgehead atoms. The van der Waals surface area contributed by atoms with Crippen LogP contribution in [0.5, 0.6) is 0 Å². The summed E-state index contributed by atoms with van der Waals surface area (Å²) in [5.74, 6) is 3.57. The molecule has 0 spiro atoms. The number of pyridine rings is 1. The molecule has 0 radical (unpaired) electrons. The van der Waals surface area contributed by atoms with Crippen LogP contribution in [0.3, 0.4) is 0 Å². The average Bonchev–Trinajstić information content (AvgIpc) is 2.80. The number of likely N-dealkylation sites (tertiary alicyclic amines) is 1. The molecule has 32 heavy (non-hydrogen) atoms. The summed E-state index contributed by atoms with van der Waals surface area (Å²) in [4.78, 5) is 42.4. The predicted molar refractivity (Wildman–Crippen MR) is 119 cm³/mol. The highest BCUT2D eigenvalue weighted by Crippen LogP contribution is 2.21. The first-order valence-electron chi connectivity index (χ1n) is 10.3. The van der Waals surface area contributed by atoms with E-state index in [-0.39, 0.29) is 24.8 Å². The Kier molecular flexibility index (Phi) is 7.74. The summed E-state index contributed by atoms with van der Waals surface area (Å²) in [5.41, 5.74) is 2.07. The topological polar surface area (TPSA) is 150 Å². The zero-order valence-electron chi connectivity index (χ0n) is 17.5. The van der Waals surface area contributed by atoms with Crippen LogP contribution in [-0.2, 0) is 9.59 Å². The van der Waals surface area contributed by atoms with Crippen molar-refractivity contribution in [2.24, 2.45) is 16.9 Å². The fraction of sp³-hybridized carbons (Fsp3) is 0.318. The van der Waals surface area contributed by atoms with Crippen LogP contribution in [0.1, 0.15) is 36.4 Å². The van der Waals surface area contributed by atoms with Gasteiger partial charge in [-0.2, -0.15) is 5.10 Å². The zero-order valence-corrected chi connectivity index (χ0v) is 17.5. The molecule has 1 aromatic heterocycles. The number of piperidine rings is 1. The number of benzene rings is 1. The van der Waals surface area contributed by atoms with Gasteiger partial charge in [-0.25, -0.2) is 4.79 Å². The SMILES string of the molecule is NN=Cc1ccc(NC(=O)C2CCCN(C(=O)NC(CC(=O)O)c3cccnc3)C2)cc1. The number of hydrogen-bond acceptors (Lipinski definition) is 6. The lowest BCUT2D eigenvalue weighted by Gasteiger charge is -2.33. The number of carbonyl (C=O) groups is 3. The van der Waals surface area contributed by atoms with Crippen LogP contribution < -0.4 is 16.5 Å². The summed E-state index contributed by atoms with van der Waals surface area (Å²) in [5, 5.41) is 18.3. The fourth-order valence-electron chi connectivity index (χ4n) is 3.61. The Balaban J connectivity index is 1.60. The lowest BCUT2D eigenvalue weighted by molar-refractivity contribution is -0.137. The quantitative estimate of drug-likeness (QED) is 0.295. The summed E-state index contributed by atoms with van der Waals surface area (Å²) < 4.78 is 0. The lowest BCUT2D eigenvalue weighted by atomic mass is 9.97. The van der Waals surface area contributed by atoms with Crippen LogP contribution in [0.25, 0.3) is 0 Å². The van der Waals surface area contributed by atoms with Crippen LogP contribution in [0.15, 0.2) is 53.9 Å². The first-order valence-corrected chi connectivity index (χ1v) is 10.3. The highest BCUT2D eigenvalue weighted by atomic mass is 16.4. The van der Waals surface area contributed by atoms with Crippen molar-refractivity contribution in [3.05, 3.63) is 59.9 Å². The van der Waals surface area contributed by atoms with Crippen LogP contribution in [-0.4, -0.2) is 52.2 Å². The maximum absolute atomic E-state index is 12.8. The van der Waals surface area contributed by atoms with E-state index in [0.29, 0.717) is 30.6 Å². The maximum Gasteiger partial charge on any atom is 0.317 e. The lowest BCUT2D eigenvalue weighted by Crippen LogP contribution is -2.48. The van der Waals surface area contributed by atoms with E-state index in [1.807, 2.05) is 0 Å². The first-order chi connectivity index (χ1) is 15.5. The monoisotopic (exact) mass is 438 g/mol. The number of nitrogens with two attached hydrogens (primary N) is 1. The molecule has 0 aliphatic carbocycles. The van der Waals surface area contributed by atoms with Crippen LogP contribution in [0.4, 0.5) is 10.5 Å². The van der Waals surface area contributed by atoms with Crippen molar-refractivity contribution in [1.82, 2.24) is 15.2 Å². The van der Waals surface area contributed by atoms with Crippen molar-refractivity contribution in [2.45, 2.75) is 25.3 Å². The van der Waals surface area contributed by atoms with Gasteiger partial charge in [-0.1, -0.05) is 18.2 Å². The van der Waals surface area contributed by atoms with Crippen molar-refractivity contribution < 1.29 is 19.5 Å². The van der Waals surface area contributed by atoms with Crippen molar-refractivity contribution in [1.29, 1.82) is 0 Å². The molecule has 10 nitrogen and oxygen atoms in total. The summed E-state index contributed by atoms with van der Waals surface area (Å²) in [6.45, 7) is 0.748. The molecule has 1 saturated heterocycles. The maximum atomic E-state index is 12.8. The number of aromatic nitrogens is 1. The second-order valence-corrected chi connectivity index (χ2v) is 7.56. The second kappa shape index (κ2) is 10.9. The Morgan fingerprint density at radius 3 is 2.72 bits per heavy atom. The van der Waals surface area contributed by atoms with Gasteiger partial charge in [0.05, 0.1) is 24.6 Å². The fourth-order valence-corrected chi connectivity index (χ4v) is 3.61. The molecule has 2 aromatic rings. The van der Waals surface area contributed by atoms with Crippen LogP contribution in [0, 0.1) is 5.92 Å². The molecule has 3 rings (SSSR count). The summed E-state index contributed by atoms with van der Waals surface area (Å²) in [6, 6.07) is 9.38. The number of carboxylic acids is 1. The number of hydrazone groups is 1. The van der Waals surface area contributed by atoms with E-state index >= 15 is 0 Å². The number of anilines is 1. The molecule has 168 valence electrons. The normalized spacial score (nSPS) is 17.0. The van der Waals surface area contributed by atoms with E-state index in [0.717, 1.165) is 5.56 Å². The van der Waals surface area contributed by atoms with Crippen molar-refractivity contribution in [3.8, 4) is 0 Å². The standard InChI is InChI=1S/C22H26N6O4/c23-25-12-15-5-7-18(8-6-15)26-21(31)17-4-2-10-28(14-17)22(32)27-19(11-20(29)30)16-3-1-9-24-13-16/h1,3,5-9,12-13,17,19H,2,4,10-11,14,23H2,(H,26,31)(H,27,32)(H,29,30). The van der Waals surface area contributed by atoms with E-state index in [4.69, 9.17) is 5.84 Å². The highest BCUT2D eigenvalue weighted by molar-refractivity contribution is 5.93. The van der Waals surface area contributed by atoms with Gasteiger partial charge >= 0.3 is 12.0 Å². The van der Waals surface area contributed by atoms with Gasteiger partial charge in [-0.3, -0.25) is 14.6 Å².